The summed E-state index contributed by atoms with van der Waals surface area (Å²) in [4.78, 5) is 14.5. The van der Waals surface area contributed by atoms with Crippen molar-refractivity contribution in [1.82, 2.24) is 0 Å². The van der Waals surface area contributed by atoms with E-state index in [1.54, 1.807) is 19.1 Å². The minimum atomic E-state index is -3.39. The van der Waals surface area contributed by atoms with E-state index in [-0.39, 0.29) is 34.0 Å². The summed E-state index contributed by atoms with van der Waals surface area (Å²) in [6.45, 7) is 5.24. The minimum Gasteiger partial charge on any atom is -0.306 e. The number of carbonyl (C=O) groups is 1. The molecule has 0 fully saturated rings. The van der Waals surface area contributed by atoms with Gasteiger partial charge in [-0.05, 0) is 56.3 Å². The van der Waals surface area contributed by atoms with E-state index in [0.29, 0.717) is 5.69 Å². The fourth-order valence-electron chi connectivity index (χ4n) is 2.38. The Morgan fingerprint density at radius 2 is 1.75 bits per heavy atom. The summed E-state index contributed by atoms with van der Waals surface area (Å²) in [6, 6.07) is 11.5. The lowest BCUT2D eigenvalue weighted by Crippen LogP contribution is -2.37. The van der Waals surface area contributed by atoms with E-state index >= 15 is 0 Å². The first-order valence-corrected chi connectivity index (χ1v) is 9.33. The molecule has 0 N–H and O–H groups in total. The highest BCUT2D eigenvalue weighted by Crippen LogP contribution is 2.22. The maximum atomic E-state index is 13.1. The third kappa shape index (κ3) is 3.82. The number of carbonyl (C=O) groups excluding carboxylic acids is 1. The lowest BCUT2D eigenvalue weighted by Gasteiger charge is -2.27. The van der Waals surface area contributed by atoms with Gasteiger partial charge in [0.1, 0.15) is 5.82 Å². The van der Waals surface area contributed by atoms with Crippen LogP contribution in [-0.4, -0.2) is 26.1 Å². The number of nitrogens with zero attached hydrogens (tertiary/aromatic N) is 1. The van der Waals surface area contributed by atoms with E-state index in [4.69, 9.17) is 0 Å². The Hall–Kier alpha value is -2.21. The Morgan fingerprint density at radius 1 is 1.12 bits per heavy atom. The lowest BCUT2D eigenvalue weighted by atomic mass is 10.1. The Labute approximate surface area is 141 Å². The van der Waals surface area contributed by atoms with Gasteiger partial charge in [0.25, 0.3) is 5.91 Å². The van der Waals surface area contributed by atoms with Crippen molar-refractivity contribution >= 4 is 21.4 Å². The summed E-state index contributed by atoms with van der Waals surface area (Å²) in [5, 5.41) is 0. The van der Waals surface area contributed by atoms with Gasteiger partial charge in [-0.25, -0.2) is 12.8 Å². The highest BCUT2D eigenvalue weighted by atomic mass is 32.2. The number of benzene rings is 2. The largest absolute Gasteiger partial charge is 0.306 e. The molecule has 128 valence electrons. The van der Waals surface area contributed by atoms with E-state index in [9.17, 15) is 17.6 Å². The van der Waals surface area contributed by atoms with E-state index in [2.05, 4.69) is 0 Å². The zero-order chi connectivity index (χ0) is 17.9. The van der Waals surface area contributed by atoms with Gasteiger partial charge >= 0.3 is 0 Å². The third-order valence-corrected chi connectivity index (χ3v) is 5.39. The molecule has 0 bridgehead atoms. The summed E-state index contributed by atoms with van der Waals surface area (Å²) in [7, 11) is -3.39. The monoisotopic (exact) mass is 349 g/mol. The number of hydrogen-bond acceptors (Lipinski definition) is 3. The number of hydrogen-bond donors (Lipinski definition) is 0. The van der Waals surface area contributed by atoms with Crippen LogP contribution in [-0.2, 0) is 9.84 Å². The molecular weight excluding hydrogens is 329 g/mol. The summed E-state index contributed by atoms with van der Waals surface area (Å²) in [6.07, 6.45) is 0. The minimum absolute atomic E-state index is 0.0312. The van der Waals surface area contributed by atoms with Crippen molar-refractivity contribution in [3.05, 3.63) is 59.9 Å². The van der Waals surface area contributed by atoms with Gasteiger partial charge in [0.05, 0.1) is 10.6 Å². The molecule has 0 aliphatic carbocycles. The maximum Gasteiger partial charge on any atom is 0.258 e. The molecule has 2 aromatic carbocycles. The summed E-state index contributed by atoms with van der Waals surface area (Å²) in [5.41, 5.74) is 0.836. The molecule has 1 amide bonds. The van der Waals surface area contributed by atoms with Crippen LogP contribution in [0.2, 0.25) is 0 Å². The van der Waals surface area contributed by atoms with Crippen LogP contribution in [0.3, 0.4) is 0 Å². The van der Waals surface area contributed by atoms with Gasteiger partial charge in [0.2, 0.25) is 0 Å². The van der Waals surface area contributed by atoms with E-state index < -0.39 is 9.84 Å². The molecule has 2 rings (SSSR count). The number of halogens is 1. The molecular formula is C18H20FNO3S. The van der Waals surface area contributed by atoms with Gasteiger partial charge in [0, 0.05) is 17.3 Å². The molecule has 0 atom stereocenters. The van der Waals surface area contributed by atoms with Crippen LogP contribution in [0.4, 0.5) is 10.1 Å². The Balaban J connectivity index is 2.44. The quantitative estimate of drug-likeness (QED) is 0.827. The van der Waals surface area contributed by atoms with Crippen molar-refractivity contribution in [1.29, 1.82) is 0 Å². The van der Waals surface area contributed by atoms with Crippen LogP contribution in [0.15, 0.2) is 53.4 Å². The predicted octanol–water partition coefficient (Wildman–Crippen LogP) is 3.67. The van der Waals surface area contributed by atoms with Gasteiger partial charge < -0.3 is 4.90 Å². The van der Waals surface area contributed by atoms with Crippen molar-refractivity contribution in [2.75, 3.05) is 10.7 Å². The molecule has 0 heterocycles. The smallest absolute Gasteiger partial charge is 0.258 e. The van der Waals surface area contributed by atoms with Gasteiger partial charge in [0.15, 0.2) is 9.84 Å². The van der Waals surface area contributed by atoms with Crippen LogP contribution in [0.25, 0.3) is 0 Å². The molecule has 0 aliphatic heterocycles. The Kier molecular flexibility index (Phi) is 5.39. The van der Waals surface area contributed by atoms with Crippen LogP contribution in [0.1, 0.15) is 31.1 Å². The lowest BCUT2D eigenvalue weighted by molar-refractivity contribution is 0.0980. The third-order valence-electron chi connectivity index (χ3n) is 3.66. The number of sulfone groups is 1. The highest BCUT2D eigenvalue weighted by molar-refractivity contribution is 7.91. The summed E-state index contributed by atoms with van der Waals surface area (Å²) < 4.78 is 37.2. The molecule has 0 aromatic heterocycles. The number of amides is 1. The summed E-state index contributed by atoms with van der Waals surface area (Å²) in [5.74, 6) is -0.744. The maximum absolute atomic E-state index is 13.1. The molecule has 0 saturated carbocycles. The first-order chi connectivity index (χ1) is 11.3. The molecule has 6 heteroatoms. The summed E-state index contributed by atoms with van der Waals surface area (Å²) >= 11 is 0. The van der Waals surface area contributed by atoms with Crippen molar-refractivity contribution in [2.45, 2.75) is 31.7 Å². The molecule has 0 saturated heterocycles. The SMILES string of the molecule is CCS(=O)(=O)c1cccc(C(=O)N(c2ccc(F)cc2)C(C)C)c1. The fourth-order valence-corrected chi connectivity index (χ4v) is 3.31. The van der Waals surface area contributed by atoms with Crippen LogP contribution < -0.4 is 4.90 Å². The van der Waals surface area contributed by atoms with Gasteiger partial charge in [-0.2, -0.15) is 0 Å². The Morgan fingerprint density at radius 3 is 2.29 bits per heavy atom. The van der Waals surface area contributed by atoms with Gasteiger partial charge in [-0.15, -0.1) is 0 Å². The van der Waals surface area contributed by atoms with Crippen LogP contribution in [0, 0.1) is 5.82 Å². The number of rotatable bonds is 5. The van der Waals surface area contributed by atoms with E-state index in [0.717, 1.165) is 0 Å². The van der Waals surface area contributed by atoms with Crippen molar-refractivity contribution in [2.24, 2.45) is 0 Å². The van der Waals surface area contributed by atoms with Gasteiger partial charge in [-0.3, -0.25) is 4.79 Å². The molecule has 2 aromatic rings. The molecule has 24 heavy (non-hydrogen) atoms. The van der Waals surface area contributed by atoms with E-state index in [1.807, 2.05) is 13.8 Å². The zero-order valence-electron chi connectivity index (χ0n) is 13.9. The molecule has 0 radical (unpaired) electrons. The fraction of sp³-hybridized carbons (Fsp3) is 0.278. The highest BCUT2D eigenvalue weighted by Gasteiger charge is 2.22. The predicted molar refractivity (Wildman–Crippen MR) is 92.5 cm³/mol. The van der Waals surface area contributed by atoms with Crippen molar-refractivity contribution in [3.63, 3.8) is 0 Å². The topological polar surface area (TPSA) is 54.5 Å². The molecule has 4 nitrogen and oxygen atoms in total. The average Bonchev–Trinajstić information content (AvgIpc) is 2.56. The Bertz CT molecular complexity index is 830. The van der Waals surface area contributed by atoms with Crippen molar-refractivity contribution < 1.29 is 17.6 Å². The van der Waals surface area contributed by atoms with Crippen LogP contribution >= 0.6 is 0 Å². The molecule has 0 unspecified atom stereocenters. The normalized spacial score (nSPS) is 11.5. The second kappa shape index (κ2) is 7.13. The second-order valence-electron chi connectivity index (χ2n) is 5.68. The standard InChI is InChI=1S/C18H20FNO3S/c1-4-24(22,23)17-7-5-6-14(12-17)18(21)20(13(2)3)16-10-8-15(19)9-11-16/h5-13H,4H2,1-3H3. The van der Waals surface area contributed by atoms with Crippen molar-refractivity contribution in [3.8, 4) is 0 Å². The first kappa shape index (κ1) is 18.1. The second-order valence-corrected chi connectivity index (χ2v) is 7.95. The van der Waals surface area contributed by atoms with Crippen LogP contribution in [0.5, 0.6) is 0 Å². The zero-order valence-corrected chi connectivity index (χ0v) is 14.7. The first-order valence-electron chi connectivity index (χ1n) is 7.68. The van der Waals surface area contributed by atoms with E-state index in [1.165, 1.54) is 41.3 Å². The molecule has 0 aliphatic rings. The molecule has 0 spiro atoms. The average molecular weight is 349 g/mol. The van der Waals surface area contributed by atoms with Gasteiger partial charge in [-0.1, -0.05) is 13.0 Å². The number of anilines is 1.